The monoisotopic (exact) mass is 217 g/mol. The van der Waals surface area contributed by atoms with E-state index in [0.717, 1.165) is 12.1 Å². The van der Waals surface area contributed by atoms with E-state index in [1.807, 2.05) is 18.0 Å². The van der Waals surface area contributed by atoms with Gasteiger partial charge in [-0.15, -0.1) is 0 Å². The Labute approximate surface area is 95.2 Å². The van der Waals surface area contributed by atoms with Crippen molar-refractivity contribution in [1.82, 2.24) is 5.01 Å². The first-order valence-electron chi connectivity index (χ1n) is 5.31. The third kappa shape index (κ3) is 1.69. The molecule has 1 aliphatic heterocycles. The molecule has 1 aromatic heterocycles. The Hall–Kier alpha value is -1.76. The largest absolute Gasteiger partial charge is 0.466 e. The number of nitriles is 1. The lowest BCUT2D eigenvalue weighted by Gasteiger charge is -2.32. The van der Waals surface area contributed by atoms with E-state index >= 15 is 0 Å². The molecule has 0 amide bonds. The molecule has 0 saturated heterocycles. The second-order valence-electron chi connectivity index (χ2n) is 4.72. The van der Waals surface area contributed by atoms with Crippen molar-refractivity contribution in [3.05, 3.63) is 24.2 Å². The molecular formula is C12H15N3O. The van der Waals surface area contributed by atoms with Crippen LogP contribution in [0.2, 0.25) is 0 Å². The van der Waals surface area contributed by atoms with E-state index in [1.54, 1.807) is 12.3 Å². The van der Waals surface area contributed by atoms with Crippen molar-refractivity contribution in [2.45, 2.75) is 38.8 Å². The number of rotatable bonds is 2. The maximum absolute atomic E-state index is 9.26. The highest BCUT2D eigenvalue weighted by atomic mass is 16.3. The fraction of sp³-hybridized carbons (Fsp3) is 0.500. The van der Waals surface area contributed by atoms with Gasteiger partial charge in [0.25, 0.3) is 0 Å². The first kappa shape index (κ1) is 10.7. The first-order chi connectivity index (χ1) is 7.54. The van der Waals surface area contributed by atoms with Crippen LogP contribution in [0, 0.1) is 11.3 Å². The molecule has 1 aromatic rings. The molecule has 0 aliphatic carbocycles. The zero-order valence-electron chi connectivity index (χ0n) is 9.77. The predicted molar refractivity (Wildman–Crippen MR) is 60.7 cm³/mol. The molecule has 4 heteroatoms. The number of furan rings is 1. The molecule has 0 unspecified atom stereocenters. The van der Waals surface area contributed by atoms with Gasteiger partial charge in [0.05, 0.1) is 17.9 Å². The SMILES string of the molecule is CC1=NN([C@@H](C#N)c2ccco2)C(C)(C)C1. The molecule has 0 aromatic carbocycles. The van der Waals surface area contributed by atoms with Gasteiger partial charge in [-0.25, -0.2) is 0 Å². The summed E-state index contributed by atoms with van der Waals surface area (Å²) >= 11 is 0. The van der Waals surface area contributed by atoms with Crippen molar-refractivity contribution in [1.29, 1.82) is 5.26 Å². The third-order valence-corrected chi connectivity index (χ3v) is 2.77. The van der Waals surface area contributed by atoms with Crippen LogP contribution in [0.25, 0.3) is 0 Å². The quantitative estimate of drug-likeness (QED) is 0.765. The van der Waals surface area contributed by atoms with E-state index in [9.17, 15) is 5.26 Å². The molecule has 0 fully saturated rings. The molecule has 0 bridgehead atoms. The number of hydrogen-bond acceptors (Lipinski definition) is 4. The second-order valence-corrected chi connectivity index (χ2v) is 4.72. The normalized spacial score (nSPS) is 20.4. The summed E-state index contributed by atoms with van der Waals surface area (Å²) in [6.07, 6.45) is 2.46. The van der Waals surface area contributed by atoms with E-state index in [4.69, 9.17) is 4.42 Å². The van der Waals surface area contributed by atoms with Crippen molar-refractivity contribution in [2.24, 2.45) is 5.10 Å². The van der Waals surface area contributed by atoms with Gasteiger partial charge in [-0.05, 0) is 32.9 Å². The molecule has 0 spiro atoms. The van der Waals surface area contributed by atoms with Crippen LogP contribution in [0.3, 0.4) is 0 Å². The van der Waals surface area contributed by atoms with Gasteiger partial charge >= 0.3 is 0 Å². The van der Waals surface area contributed by atoms with Crippen LogP contribution in [0.4, 0.5) is 0 Å². The lowest BCUT2D eigenvalue weighted by Crippen LogP contribution is -2.38. The van der Waals surface area contributed by atoms with E-state index in [-0.39, 0.29) is 5.54 Å². The van der Waals surface area contributed by atoms with Gasteiger partial charge in [-0.3, -0.25) is 5.01 Å². The standard InChI is InChI=1S/C12H15N3O/c1-9-7-12(2,3)15(14-9)10(8-13)11-5-4-6-16-11/h4-6,10H,7H2,1-3H3/t10-/m0/s1. The molecule has 16 heavy (non-hydrogen) atoms. The smallest absolute Gasteiger partial charge is 0.191 e. The highest BCUT2D eigenvalue weighted by molar-refractivity contribution is 5.84. The summed E-state index contributed by atoms with van der Waals surface area (Å²) < 4.78 is 5.29. The molecule has 4 nitrogen and oxygen atoms in total. The minimum Gasteiger partial charge on any atom is -0.466 e. The van der Waals surface area contributed by atoms with E-state index in [2.05, 4.69) is 25.0 Å². The topological polar surface area (TPSA) is 52.5 Å². The summed E-state index contributed by atoms with van der Waals surface area (Å²) in [6.45, 7) is 6.15. The molecule has 0 N–H and O–H groups in total. The van der Waals surface area contributed by atoms with Gasteiger partial charge in [0.15, 0.2) is 6.04 Å². The summed E-state index contributed by atoms with van der Waals surface area (Å²) in [4.78, 5) is 0. The minimum atomic E-state index is -0.442. The average molecular weight is 217 g/mol. The molecule has 2 heterocycles. The Morgan fingerprint density at radius 1 is 1.62 bits per heavy atom. The van der Waals surface area contributed by atoms with Crippen molar-refractivity contribution in [3.8, 4) is 6.07 Å². The van der Waals surface area contributed by atoms with Gasteiger partial charge in [0.2, 0.25) is 0 Å². The van der Waals surface area contributed by atoms with Gasteiger partial charge in [0, 0.05) is 12.1 Å². The lowest BCUT2D eigenvalue weighted by molar-refractivity contribution is 0.111. The minimum absolute atomic E-state index is 0.128. The Bertz CT molecular complexity index is 439. The van der Waals surface area contributed by atoms with Crippen LogP contribution in [0.5, 0.6) is 0 Å². The summed E-state index contributed by atoms with van der Waals surface area (Å²) in [5.41, 5.74) is 0.925. The number of hydrazone groups is 1. The molecule has 2 rings (SSSR count). The Balaban J connectivity index is 2.33. The number of nitrogens with zero attached hydrogens (tertiary/aromatic N) is 3. The average Bonchev–Trinajstić information content (AvgIpc) is 2.77. The van der Waals surface area contributed by atoms with E-state index < -0.39 is 6.04 Å². The van der Waals surface area contributed by atoms with Gasteiger partial charge in [0.1, 0.15) is 5.76 Å². The van der Waals surface area contributed by atoms with Crippen LogP contribution in [-0.4, -0.2) is 16.3 Å². The predicted octanol–water partition coefficient (Wildman–Crippen LogP) is 2.70. The molecule has 84 valence electrons. The van der Waals surface area contributed by atoms with Crippen LogP contribution in [-0.2, 0) is 0 Å². The molecular weight excluding hydrogens is 202 g/mol. The highest BCUT2D eigenvalue weighted by Crippen LogP contribution is 2.35. The van der Waals surface area contributed by atoms with Gasteiger partial charge in [-0.2, -0.15) is 10.4 Å². The van der Waals surface area contributed by atoms with Crippen molar-refractivity contribution < 1.29 is 4.42 Å². The number of hydrogen-bond donors (Lipinski definition) is 0. The van der Waals surface area contributed by atoms with Gasteiger partial charge in [-0.1, -0.05) is 0 Å². The zero-order chi connectivity index (χ0) is 11.8. The molecule has 0 radical (unpaired) electrons. The van der Waals surface area contributed by atoms with Crippen LogP contribution < -0.4 is 0 Å². The molecule has 0 saturated carbocycles. The van der Waals surface area contributed by atoms with E-state index in [0.29, 0.717) is 5.76 Å². The van der Waals surface area contributed by atoms with Crippen LogP contribution in [0.1, 0.15) is 39.0 Å². The maximum Gasteiger partial charge on any atom is 0.191 e. The Morgan fingerprint density at radius 3 is 2.81 bits per heavy atom. The zero-order valence-corrected chi connectivity index (χ0v) is 9.77. The van der Waals surface area contributed by atoms with Crippen molar-refractivity contribution in [2.75, 3.05) is 0 Å². The lowest BCUT2D eigenvalue weighted by atomic mass is 9.97. The summed E-state index contributed by atoms with van der Waals surface area (Å²) in [5, 5.41) is 15.5. The summed E-state index contributed by atoms with van der Waals surface area (Å²) in [7, 11) is 0. The highest BCUT2D eigenvalue weighted by Gasteiger charge is 2.38. The van der Waals surface area contributed by atoms with Crippen LogP contribution in [0.15, 0.2) is 27.9 Å². The Morgan fingerprint density at radius 2 is 2.38 bits per heavy atom. The first-order valence-corrected chi connectivity index (χ1v) is 5.31. The Kier molecular flexibility index (Phi) is 2.47. The molecule has 1 atom stereocenters. The van der Waals surface area contributed by atoms with E-state index in [1.165, 1.54) is 0 Å². The second kappa shape index (κ2) is 3.67. The van der Waals surface area contributed by atoms with Gasteiger partial charge < -0.3 is 4.42 Å². The fourth-order valence-electron chi connectivity index (χ4n) is 2.15. The summed E-state index contributed by atoms with van der Waals surface area (Å²) in [5.74, 6) is 0.647. The van der Waals surface area contributed by atoms with Crippen molar-refractivity contribution in [3.63, 3.8) is 0 Å². The van der Waals surface area contributed by atoms with Crippen molar-refractivity contribution >= 4 is 5.71 Å². The van der Waals surface area contributed by atoms with Crippen LogP contribution >= 0.6 is 0 Å². The summed E-state index contributed by atoms with van der Waals surface area (Å²) in [6, 6.07) is 5.41. The fourth-order valence-corrected chi connectivity index (χ4v) is 2.15. The molecule has 1 aliphatic rings. The third-order valence-electron chi connectivity index (χ3n) is 2.77. The maximum atomic E-state index is 9.26.